The van der Waals surface area contributed by atoms with Crippen LogP contribution in [0.2, 0.25) is 0 Å². The Bertz CT molecular complexity index is 1520. The number of likely N-dealkylation sites (tertiary alicyclic amines) is 1. The Balaban J connectivity index is 1.80. The number of amides is 5. The van der Waals surface area contributed by atoms with E-state index < -0.39 is 71.9 Å². The Morgan fingerprint density at radius 1 is 0.979 bits per heavy atom. The van der Waals surface area contributed by atoms with Crippen LogP contribution in [-0.4, -0.2) is 99.5 Å². The van der Waals surface area contributed by atoms with Gasteiger partial charge in [-0.3, -0.25) is 38.6 Å². The molecule has 0 radical (unpaired) electrons. The Hall–Kier alpha value is -5.13. The van der Waals surface area contributed by atoms with Crippen molar-refractivity contribution < 1.29 is 38.7 Å². The summed E-state index contributed by atoms with van der Waals surface area (Å²) >= 11 is 1.19. The number of hydrogen-bond donors (Lipinski definition) is 7. The van der Waals surface area contributed by atoms with E-state index in [4.69, 9.17) is 22.3 Å². The smallest absolute Gasteiger partial charge is 0.303 e. The molecule has 0 spiro atoms. The molecule has 0 saturated carbocycles. The largest absolute Gasteiger partial charge is 0.481 e. The molecule has 10 N–H and O–H groups in total. The minimum Gasteiger partial charge on any atom is -0.481 e. The zero-order valence-electron chi connectivity index (χ0n) is 26.5. The number of rotatable bonds is 18. The summed E-state index contributed by atoms with van der Waals surface area (Å²) in [5.74, 6) is -5.16. The van der Waals surface area contributed by atoms with Crippen molar-refractivity contribution in [2.24, 2.45) is 22.2 Å². The molecule has 260 valence electrons. The number of aliphatic imine (C=N–C) groups is 1. The highest BCUT2D eigenvalue weighted by molar-refractivity contribution is 7.20. The average Bonchev–Trinajstić information content (AvgIpc) is 3.69. The van der Waals surface area contributed by atoms with Crippen LogP contribution in [0.1, 0.15) is 68.1 Å². The molecule has 1 fully saturated rings. The Morgan fingerprint density at radius 3 is 2.33 bits per heavy atom. The summed E-state index contributed by atoms with van der Waals surface area (Å²) in [7, 11) is 0. The monoisotopic (exact) mass is 687 g/mol. The first-order chi connectivity index (χ1) is 22.8. The second-order valence-corrected chi connectivity index (χ2v) is 12.3. The van der Waals surface area contributed by atoms with E-state index in [1.165, 1.54) is 16.2 Å². The number of fused-ring (bicyclic) bond motifs is 1. The Morgan fingerprint density at radius 2 is 1.69 bits per heavy atom. The maximum absolute atomic E-state index is 13.8. The molecule has 48 heavy (non-hydrogen) atoms. The number of aliphatic carboxylic acids is 1. The molecule has 2 aromatic rings. The quantitative estimate of drug-likeness (QED) is 0.0437. The third kappa shape index (κ3) is 11.0. The normalized spacial score (nSPS) is 15.9. The predicted octanol–water partition coefficient (Wildman–Crippen LogP) is -0.872. The van der Waals surface area contributed by atoms with Gasteiger partial charge in [0.1, 0.15) is 18.1 Å². The lowest BCUT2D eigenvalue weighted by atomic mass is 10.0. The number of nitrogens with two attached hydrogens (primary N) is 3. The number of thiazole rings is 1. The minimum absolute atomic E-state index is 0.114. The number of Topliss-reactive ketones (excluding diaryl/α,β-unsaturated/α-hetero) is 1. The van der Waals surface area contributed by atoms with Crippen molar-refractivity contribution in [1.29, 1.82) is 0 Å². The van der Waals surface area contributed by atoms with E-state index >= 15 is 0 Å². The van der Waals surface area contributed by atoms with Gasteiger partial charge in [-0.15, -0.1) is 11.3 Å². The van der Waals surface area contributed by atoms with E-state index in [9.17, 15) is 33.6 Å². The van der Waals surface area contributed by atoms with E-state index in [1.54, 1.807) is 12.1 Å². The molecule has 1 aliphatic rings. The number of hydrogen-bond acceptors (Lipinski definition) is 10. The number of nitrogens with one attached hydrogen (secondary N) is 3. The molecule has 1 aliphatic heterocycles. The van der Waals surface area contributed by atoms with Crippen molar-refractivity contribution >= 4 is 68.8 Å². The second kappa shape index (κ2) is 17.7. The van der Waals surface area contributed by atoms with Crippen LogP contribution in [-0.2, 0) is 28.8 Å². The van der Waals surface area contributed by atoms with Crippen LogP contribution in [0.25, 0.3) is 10.2 Å². The maximum Gasteiger partial charge on any atom is 0.303 e. The second-order valence-electron chi connectivity index (χ2n) is 11.3. The molecule has 1 aromatic carbocycles. The standard InChI is InChI=1S/C30H41N9O8S/c1-16(40)35-19(11-13-24(42)43)26(45)37-20(10-12-23(31)41)29(47)39-15-5-8-21(39)27(46)36-18(7-4-14-34-30(32)33)25(44)28-38-17-6-2-3-9-22(17)48-28/h2-3,6,9,18-21H,4-5,7-8,10-15H2,1H3,(H2,31,41)(H,35,40)(H,36,46)(H,37,45)(H,42,43)(H4,32,33,34)/t18-,19-,20-,21-/m0/s1. The molecule has 5 amide bonds. The van der Waals surface area contributed by atoms with E-state index in [-0.39, 0.29) is 56.2 Å². The lowest BCUT2D eigenvalue weighted by Crippen LogP contribution is -2.57. The van der Waals surface area contributed by atoms with Crippen molar-refractivity contribution in [1.82, 2.24) is 25.8 Å². The molecular formula is C30H41N9O8S. The van der Waals surface area contributed by atoms with Gasteiger partial charge in [0.05, 0.1) is 16.3 Å². The fourth-order valence-electron chi connectivity index (χ4n) is 5.27. The maximum atomic E-state index is 13.8. The van der Waals surface area contributed by atoms with Gasteiger partial charge >= 0.3 is 5.97 Å². The van der Waals surface area contributed by atoms with E-state index in [1.807, 2.05) is 12.1 Å². The zero-order chi connectivity index (χ0) is 35.4. The topological polar surface area (TPSA) is 282 Å². The minimum atomic E-state index is -1.32. The number of carboxylic acids is 1. The molecular weight excluding hydrogens is 646 g/mol. The number of primary amides is 1. The predicted molar refractivity (Wildman–Crippen MR) is 175 cm³/mol. The fraction of sp³-hybridized carbons (Fsp3) is 0.500. The van der Waals surface area contributed by atoms with Crippen LogP contribution in [0.3, 0.4) is 0 Å². The van der Waals surface area contributed by atoms with Gasteiger partial charge in [-0.2, -0.15) is 0 Å². The van der Waals surface area contributed by atoms with Gasteiger partial charge in [-0.05, 0) is 50.7 Å². The first-order valence-corrected chi connectivity index (χ1v) is 16.2. The number of carboxylic acid groups (broad SMARTS) is 1. The fourth-order valence-corrected chi connectivity index (χ4v) is 6.23. The van der Waals surface area contributed by atoms with Crippen molar-refractivity contribution in [3.63, 3.8) is 0 Å². The van der Waals surface area contributed by atoms with E-state index in [2.05, 4.69) is 25.9 Å². The molecule has 17 nitrogen and oxygen atoms in total. The number of nitrogens with zero attached hydrogens (tertiary/aromatic N) is 3. The summed E-state index contributed by atoms with van der Waals surface area (Å²) in [5, 5.41) is 16.9. The lowest BCUT2D eigenvalue weighted by Gasteiger charge is -2.30. The Labute approximate surface area is 280 Å². The van der Waals surface area contributed by atoms with E-state index in [0.29, 0.717) is 18.4 Å². The van der Waals surface area contributed by atoms with Crippen LogP contribution in [0.15, 0.2) is 29.3 Å². The number of para-hydroxylation sites is 1. The van der Waals surface area contributed by atoms with Gasteiger partial charge in [0.15, 0.2) is 11.0 Å². The number of carbonyl (C=O) groups excluding carboxylic acids is 6. The molecule has 3 rings (SSSR count). The Kier molecular flexibility index (Phi) is 13.8. The molecule has 2 heterocycles. The van der Waals surface area contributed by atoms with Crippen molar-refractivity contribution in [2.75, 3.05) is 13.1 Å². The number of aromatic nitrogens is 1. The average molecular weight is 688 g/mol. The number of carbonyl (C=O) groups is 7. The molecule has 1 saturated heterocycles. The van der Waals surface area contributed by atoms with Gasteiger partial charge in [-0.1, -0.05) is 12.1 Å². The van der Waals surface area contributed by atoms with Crippen LogP contribution >= 0.6 is 11.3 Å². The van der Waals surface area contributed by atoms with Gasteiger partial charge in [-0.25, -0.2) is 4.98 Å². The highest BCUT2D eigenvalue weighted by atomic mass is 32.1. The van der Waals surface area contributed by atoms with Crippen LogP contribution in [0.4, 0.5) is 0 Å². The molecule has 0 aliphatic carbocycles. The van der Waals surface area contributed by atoms with Crippen molar-refractivity contribution in [3.05, 3.63) is 29.3 Å². The number of guanidine groups is 1. The third-order valence-electron chi connectivity index (χ3n) is 7.56. The summed E-state index contributed by atoms with van der Waals surface area (Å²) in [4.78, 5) is 98.3. The highest BCUT2D eigenvalue weighted by Crippen LogP contribution is 2.24. The molecule has 1 aromatic heterocycles. The summed E-state index contributed by atoms with van der Waals surface area (Å²) in [6, 6.07) is 2.61. The number of benzene rings is 1. The first-order valence-electron chi connectivity index (χ1n) is 15.4. The summed E-state index contributed by atoms with van der Waals surface area (Å²) in [6.45, 7) is 1.51. The summed E-state index contributed by atoms with van der Waals surface area (Å²) in [6.07, 6.45) is 0.0535. The van der Waals surface area contributed by atoms with Gasteiger partial charge in [0.25, 0.3) is 0 Å². The van der Waals surface area contributed by atoms with Gasteiger partial charge in [0, 0.05) is 32.9 Å². The molecule has 18 heteroatoms. The molecule has 4 atom stereocenters. The van der Waals surface area contributed by atoms with E-state index in [0.717, 1.165) is 11.6 Å². The van der Waals surface area contributed by atoms with Crippen LogP contribution in [0, 0.1) is 0 Å². The molecule has 0 bridgehead atoms. The third-order valence-corrected chi connectivity index (χ3v) is 8.61. The van der Waals surface area contributed by atoms with Gasteiger partial charge in [0.2, 0.25) is 35.3 Å². The first kappa shape index (κ1) is 37.3. The van der Waals surface area contributed by atoms with Crippen molar-refractivity contribution in [3.8, 4) is 0 Å². The lowest BCUT2D eigenvalue weighted by molar-refractivity contribution is -0.142. The zero-order valence-corrected chi connectivity index (χ0v) is 27.3. The summed E-state index contributed by atoms with van der Waals surface area (Å²) in [5.41, 5.74) is 16.8. The SMILES string of the molecule is CC(=O)N[C@@H](CCC(=O)O)C(=O)N[C@@H](CCC(N)=O)C(=O)N1CCC[C@H]1C(=O)N[C@@H](CCCN=C(N)N)C(=O)c1nc2ccccc2s1. The van der Waals surface area contributed by atoms with Crippen LogP contribution < -0.4 is 33.2 Å². The van der Waals surface area contributed by atoms with Crippen molar-refractivity contribution in [2.45, 2.75) is 82.5 Å². The number of ketones is 1. The van der Waals surface area contributed by atoms with Gasteiger partial charge < -0.3 is 43.2 Å². The van der Waals surface area contributed by atoms with Crippen LogP contribution in [0.5, 0.6) is 0 Å². The summed E-state index contributed by atoms with van der Waals surface area (Å²) < 4.78 is 0.798. The highest BCUT2D eigenvalue weighted by Gasteiger charge is 2.39. The molecule has 0 unspecified atom stereocenters.